The van der Waals surface area contributed by atoms with Gasteiger partial charge in [-0.05, 0) is 55.3 Å². The highest BCUT2D eigenvalue weighted by Crippen LogP contribution is 2.43. The normalized spacial score (nSPS) is 13.6. The molecule has 0 atom stereocenters. The third kappa shape index (κ3) is 3.37. The van der Waals surface area contributed by atoms with E-state index in [1.807, 2.05) is 36.4 Å². The highest BCUT2D eigenvalue weighted by atomic mass is 32.1. The van der Waals surface area contributed by atoms with Gasteiger partial charge in [-0.3, -0.25) is 9.97 Å². The van der Waals surface area contributed by atoms with Gasteiger partial charge < -0.3 is 10.1 Å². The number of nitrogens with zero attached hydrogens (tertiary/aromatic N) is 4. The van der Waals surface area contributed by atoms with Crippen molar-refractivity contribution in [3.8, 4) is 17.1 Å². The molecule has 1 aliphatic rings. The summed E-state index contributed by atoms with van der Waals surface area (Å²) in [5, 5.41) is 5.59. The smallest absolute Gasteiger partial charge is 0.144 e. The van der Waals surface area contributed by atoms with Crippen molar-refractivity contribution < 1.29 is 4.74 Å². The Kier molecular flexibility index (Phi) is 4.28. The summed E-state index contributed by atoms with van der Waals surface area (Å²) in [7, 11) is 1.66. The van der Waals surface area contributed by atoms with Gasteiger partial charge in [-0.15, -0.1) is 11.3 Å². The molecule has 5 aromatic rings. The minimum Gasteiger partial charge on any atom is -0.496 e. The lowest BCUT2D eigenvalue weighted by molar-refractivity contribution is 0.419. The van der Waals surface area contributed by atoms with Gasteiger partial charge in [0.25, 0.3) is 0 Å². The number of thiazole rings is 1. The molecule has 0 aliphatic heterocycles. The third-order valence-electron chi connectivity index (χ3n) is 5.43. The molecule has 0 amide bonds. The molecule has 4 aromatic heterocycles. The van der Waals surface area contributed by atoms with Gasteiger partial charge in [0.1, 0.15) is 11.6 Å². The van der Waals surface area contributed by atoms with Crippen molar-refractivity contribution in [3.63, 3.8) is 0 Å². The Bertz CT molecular complexity index is 1410. The molecule has 0 unspecified atom stereocenters. The van der Waals surface area contributed by atoms with Crippen molar-refractivity contribution in [2.75, 3.05) is 12.4 Å². The molecule has 1 aromatic carbocycles. The molecule has 6 rings (SSSR count). The van der Waals surface area contributed by atoms with Crippen molar-refractivity contribution >= 4 is 44.0 Å². The van der Waals surface area contributed by atoms with Gasteiger partial charge in [-0.1, -0.05) is 6.07 Å². The fourth-order valence-electron chi connectivity index (χ4n) is 3.71. The topological polar surface area (TPSA) is 72.8 Å². The second-order valence-corrected chi connectivity index (χ2v) is 8.67. The van der Waals surface area contributed by atoms with Gasteiger partial charge >= 0.3 is 0 Å². The maximum Gasteiger partial charge on any atom is 0.144 e. The Balaban J connectivity index is 1.48. The summed E-state index contributed by atoms with van der Waals surface area (Å²) < 4.78 is 6.80. The zero-order valence-electron chi connectivity index (χ0n) is 16.9. The maximum absolute atomic E-state index is 5.61. The number of nitrogens with one attached hydrogen (secondary N) is 1. The second-order valence-electron chi connectivity index (χ2n) is 7.61. The van der Waals surface area contributed by atoms with E-state index < -0.39 is 0 Å². The van der Waals surface area contributed by atoms with Crippen LogP contribution >= 0.6 is 11.3 Å². The summed E-state index contributed by atoms with van der Waals surface area (Å²) in [5.41, 5.74) is 4.36. The van der Waals surface area contributed by atoms with E-state index >= 15 is 0 Å². The molecule has 0 bridgehead atoms. The SMILES string of the molecule is COc1ccnc2cc(-c3ccccn3)nc(Nc3ccc4nc(C5CC5)sc4c3)c12. The Hall–Kier alpha value is -3.58. The number of ether oxygens (including phenoxy) is 1. The van der Waals surface area contributed by atoms with E-state index in [1.54, 1.807) is 30.8 Å². The highest BCUT2D eigenvalue weighted by molar-refractivity contribution is 7.18. The van der Waals surface area contributed by atoms with Crippen molar-refractivity contribution in [2.24, 2.45) is 0 Å². The van der Waals surface area contributed by atoms with Gasteiger partial charge in [0.15, 0.2) is 0 Å². The van der Waals surface area contributed by atoms with Crippen molar-refractivity contribution in [1.82, 2.24) is 19.9 Å². The van der Waals surface area contributed by atoms with Gasteiger partial charge in [0.2, 0.25) is 0 Å². The average molecular weight is 426 g/mol. The fourth-order valence-corrected chi connectivity index (χ4v) is 4.89. The van der Waals surface area contributed by atoms with Crippen LogP contribution in [0.2, 0.25) is 0 Å². The van der Waals surface area contributed by atoms with E-state index in [4.69, 9.17) is 14.7 Å². The Labute approximate surface area is 183 Å². The first kappa shape index (κ1) is 18.2. The number of benzene rings is 1. The predicted octanol–water partition coefficient (Wildman–Crippen LogP) is 5.93. The van der Waals surface area contributed by atoms with Gasteiger partial charge in [-0.25, -0.2) is 9.97 Å². The summed E-state index contributed by atoms with van der Waals surface area (Å²) in [6, 6.07) is 15.8. The first-order valence-corrected chi connectivity index (χ1v) is 11.0. The summed E-state index contributed by atoms with van der Waals surface area (Å²) in [5.74, 6) is 2.07. The maximum atomic E-state index is 5.61. The highest BCUT2D eigenvalue weighted by Gasteiger charge is 2.27. The summed E-state index contributed by atoms with van der Waals surface area (Å²) in [6.45, 7) is 0. The molecular weight excluding hydrogens is 406 g/mol. The zero-order valence-corrected chi connectivity index (χ0v) is 17.7. The lowest BCUT2D eigenvalue weighted by atomic mass is 10.1. The average Bonchev–Trinajstić information content (AvgIpc) is 3.58. The molecule has 4 heterocycles. The molecule has 152 valence electrons. The largest absolute Gasteiger partial charge is 0.496 e. The number of hydrogen-bond donors (Lipinski definition) is 1. The molecule has 1 N–H and O–H groups in total. The third-order valence-corrected chi connectivity index (χ3v) is 6.61. The number of anilines is 2. The Morgan fingerprint density at radius 1 is 0.935 bits per heavy atom. The molecule has 1 fully saturated rings. The minimum atomic E-state index is 0.657. The monoisotopic (exact) mass is 425 g/mol. The van der Waals surface area contributed by atoms with Gasteiger partial charge in [0, 0.05) is 24.0 Å². The number of aromatic nitrogens is 4. The van der Waals surface area contributed by atoms with E-state index in [0.717, 1.165) is 39.2 Å². The first-order chi connectivity index (χ1) is 15.3. The summed E-state index contributed by atoms with van der Waals surface area (Å²) >= 11 is 1.79. The van der Waals surface area contributed by atoms with Crippen molar-refractivity contribution in [2.45, 2.75) is 18.8 Å². The van der Waals surface area contributed by atoms with E-state index in [1.165, 1.54) is 22.5 Å². The van der Waals surface area contributed by atoms with Crippen LogP contribution < -0.4 is 10.1 Å². The molecule has 0 radical (unpaired) electrons. The Morgan fingerprint density at radius 3 is 2.68 bits per heavy atom. The van der Waals surface area contributed by atoms with Crippen LogP contribution in [0.4, 0.5) is 11.5 Å². The molecule has 1 aliphatic carbocycles. The number of fused-ring (bicyclic) bond motifs is 2. The van der Waals surface area contributed by atoms with E-state index in [9.17, 15) is 0 Å². The molecule has 0 spiro atoms. The van der Waals surface area contributed by atoms with Crippen LogP contribution in [0.25, 0.3) is 32.5 Å². The number of hydrogen-bond acceptors (Lipinski definition) is 7. The van der Waals surface area contributed by atoms with Crippen LogP contribution in [0.15, 0.2) is 60.9 Å². The molecular formula is C24H19N5OS. The summed E-state index contributed by atoms with van der Waals surface area (Å²) in [4.78, 5) is 18.7. The van der Waals surface area contributed by atoms with Crippen LogP contribution in [0.3, 0.4) is 0 Å². The quantitative estimate of drug-likeness (QED) is 0.376. The van der Waals surface area contributed by atoms with Crippen LogP contribution in [-0.2, 0) is 0 Å². The zero-order chi connectivity index (χ0) is 20.8. The lowest BCUT2D eigenvalue weighted by Crippen LogP contribution is -2.00. The molecule has 6 nitrogen and oxygen atoms in total. The molecule has 31 heavy (non-hydrogen) atoms. The molecule has 7 heteroatoms. The van der Waals surface area contributed by atoms with E-state index in [0.29, 0.717) is 11.7 Å². The van der Waals surface area contributed by atoms with Gasteiger partial charge in [-0.2, -0.15) is 0 Å². The Morgan fingerprint density at radius 2 is 1.87 bits per heavy atom. The standard InChI is InChI=1S/C24H19N5OS/c1-30-20-9-11-26-19-13-18(16-4-2-3-10-25-16)28-23(22(19)20)27-15-7-8-17-21(12-15)31-24(29-17)14-5-6-14/h2-4,7-14H,5-6H2,1H3,(H,27,28). The van der Waals surface area contributed by atoms with E-state index in [-0.39, 0.29) is 0 Å². The van der Waals surface area contributed by atoms with E-state index in [2.05, 4.69) is 27.4 Å². The van der Waals surface area contributed by atoms with Crippen molar-refractivity contribution in [3.05, 3.63) is 65.9 Å². The summed E-state index contributed by atoms with van der Waals surface area (Å²) in [6.07, 6.45) is 6.03. The predicted molar refractivity (Wildman–Crippen MR) is 124 cm³/mol. The van der Waals surface area contributed by atoms with Gasteiger partial charge in [0.05, 0.1) is 44.6 Å². The first-order valence-electron chi connectivity index (χ1n) is 10.2. The van der Waals surface area contributed by atoms with Crippen LogP contribution in [-0.4, -0.2) is 27.0 Å². The van der Waals surface area contributed by atoms with Crippen LogP contribution in [0.5, 0.6) is 5.75 Å². The number of rotatable bonds is 5. The number of methoxy groups -OCH3 is 1. The fraction of sp³-hybridized carbons (Fsp3) is 0.167. The number of pyridine rings is 3. The second kappa shape index (κ2) is 7.28. The molecule has 1 saturated carbocycles. The van der Waals surface area contributed by atoms with Crippen molar-refractivity contribution in [1.29, 1.82) is 0 Å². The van der Waals surface area contributed by atoms with Crippen LogP contribution in [0.1, 0.15) is 23.8 Å². The minimum absolute atomic E-state index is 0.657. The lowest BCUT2D eigenvalue weighted by Gasteiger charge is -2.13. The van der Waals surface area contributed by atoms with Crippen LogP contribution in [0, 0.1) is 0 Å². The molecule has 0 saturated heterocycles.